The van der Waals surface area contributed by atoms with Gasteiger partial charge in [0.15, 0.2) is 0 Å². The number of hydrogen-bond acceptors (Lipinski definition) is 5. The highest BCUT2D eigenvalue weighted by Gasteiger charge is 2.13. The molecule has 0 fully saturated rings. The third-order valence-corrected chi connectivity index (χ3v) is 3.01. The maximum absolute atomic E-state index is 10.8. The van der Waals surface area contributed by atoms with E-state index in [1.54, 1.807) is 18.2 Å². The summed E-state index contributed by atoms with van der Waals surface area (Å²) < 4.78 is 0. The van der Waals surface area contributed by atoms with Crippen molar-refractivity contribution in [3.63, 3.8) is 0 Å². The highest BCUT2D eigenvalue weighted by molar-refractivity contribution is 6.32. The molecule has 0 radical (unpaired) electrons. The number of rotatable bonds is 4. The Bertz CT molecular complexity index is 661. The van der Waals surface area contributed by atoms with Crippen molar-refractivity contribution in [3.8, 4) is 5.75 Å². The van der Waals surface area contributed by atoms with Crippen molar-refractivity contribution in [1.29, 1.82) is 0 Å². The molecule has 2 rings (SSSR count). The number of pyridine rings is 1. The molecule has 7 heteroatoms. The van der Waals surface area contributed by atoms with Gasteiger partial charge in [0.1, 0.15) is 16.5 Å². The van der Waals surface area contributed by atoms with Gasteiger partial charge in [-0.2, -0.15) is 0 Å². The molecule has 0 atom stereocenters. The first-order chi connectivity index (χ1) is 9.47. The third kappa shape index (κ3) is 3.16. The second-order valence-electron chi connectivity index (χ2n) is 4.20. The van der Waals surface area contributed by atoms with Crippen molar-refractivity contribution < 1.29 is 10.0 Å². The van der Waals surface area contributed by atoms with Crippen molar-refractivity contribution >= 4 is 23.0 Å². The number of aromatic hydroxyl groups is 1. The van der Waals surface area contributed by atoms with Crippen LogP contribution in [0.5, 0.6) is 5.75 Å². The van der Waals surface area contributed by atoms with Gasteiger partial charge in [-0.15, -0.1) is 0 Å². The van der Waals surface area contributed by atoms with Crippen LogP contribution in [-0.2, 0) is 6.54 Å². The Labute approximate surface area is 120 Å². The summed E-state index contributed by atoms with van der Waals surface area (Å²) in [6.07, 6.45) is 0. The zero-order valence-electron chi connectivity index (χ0n) is 10.6. The van der Waals surface area contributed by atoms with Gasteiger partial charge in [-0.05, 0) is 31.2 Å². The Kier molecular flexibility index (Phi) is 4.05. The zero-order valence-corrected chi connectivity index (χ0v) is 11.4. The smallest absolute Gasteiger partial charge is 0.289 e. The van der Waals surface area contributed by atoms with Gasteiger partial charge < -0.3 is 10.4 Å². The quantitative estimate of drug-likeness (QED) is 0.667. The van der Waals surface area contributed by atoms with Crippen molar-refractivity contribution in [3.05, 3.63) is 56.9 Å². The van der Waals surface area contributed by atoms with Gasteiger partial charge in [0, 0.05) is 17.4 Å². The molecule has 0 bridgehead atoms. The number of nitrogens with one attached hydrogen (secondary N) is 1. The summed E-state index contributed by atoms with van der Waals surface area (Å²) >= 11 is 5.73. The summed E-state index contributed by atoms with van der Waals surface area (Å²) in [6, 6.07) is 7.68. The van der Waals surface area contributed by atoms with Crippen molar-refractivity contribution in [2.24, 2.45) is 0 Å². The van der Waals surface area contributed by atoms with E-state index >= 15 is 0 Å². The van der Waals surface area contributed by atoms with Crippen LogP contribution in [0.4, 0.5) is 11.4 Å². The Morgan fingerprint density at radius 1 is 1.40 bits per heavy atom. The molecule has 0 amide bonds. The number of aromatic nitrogens is 1. The minimum atomic E-state index is -0.546. The number of aryl methyl sites for hydroxylation is 1. The van der Waals surface area contributed by atoms with Gasteiger partial charge in [-0.1, -0.05) is 11.6 Å². The fraction of sp³-hybridized carbons (Fsp3) is 0.154. The number of anilines is 1. The summed E-state index contributed by atoms with van der Waals surface area (Å²) in [7, 11) is 0. The normalized spacial score (nSPS) is 10.3. The fourth-order valence-electron chi connectivity index (χ4n) is 1.68. The van der Waals surface area contributed by atoms with E-state index < -0.39 is 4.92 Å². The molecule has 1 aromatic heterocycles. The summed E-state index contributed by atoms with van der Waals surface area (Å²) in [4.78, 5) is 14.4. The van der Waals surface area contributed by atoms with E-state index in [2.05, 4.69) is 10.3 Å². The summed E-state index contributed by atoms with van der Waals surface area (Å²) in [5.74, 6) is 0.0755. The Morgan fingerprint density at radius 2 is 2.15 bits per heavy atom. The van der Waals surface area contributed by atoms with Crippen LogP contribution in [0.25, 0.3) is 0 Å². The van der Waals surface area contributed by atoms with E-state index in [4.69, 9.17) is 11.6 Å². The Hall–Kier alpha value is -2.34. The largest absolute Gasteiger partial charge is 0.506 e. The lowest BCUT2D eigenvalue weighted by molar-refractivity contribution is -0.384. The molecular weight excluding hydrogens is 282 g/mol. The topological polar surface area (TPSA) is 88.3 Å². The first-order valence-electron chi connectivity index (χ1n) is 5.80. The minimum absolute atomic E-state index is 0.0755. The molecule has 0 saturated heterocycles. The lowest BCUT2D eigenvalue weighted by Crippen LogP contribution is -2.03. The van der Waals surface area contributed by atoms with Crippen LogP contribution in [0.2, 0.25) is 5.02 Å². The van der Waals surface area contributed by atoms with Crippen LogP contribution in [0, 0.1) is 17.0 Å². The number of nitro groups is 1. The van der Waals surface area contributed by atoms with Gasteiger partial charge >= 0.3 is 0 Å². The first kappa shape index (κ1) is 14.1. The third-order valence-electron chi connectivity index (χ3n) is 2.69. The average molecular weight is 294 g/mol. The maximum Gasteiger partial charge on any atom is 0.289 e. The van der Waals surface area contributed by atoms with E-state index in [0.29, 0.717) is 11.4 Å². The van der Waals surface area contributed by atoms with Crippen LogP contribution < -0.4 is 5.32 Å². The van der Waals surface area contributed by atoms with Crippen LogP contribution >= 0.6 is 11.6 Å². The Balaban J connectivity index is 2.17. The van der Waals surface area contributed by atoms with Gasteiger partial charge in [0.05, 0.1) is 11.5 Å². The molecule has 20 heavy (non-hydrogen) atoms. The molecule has 2 N–H and O–H groups in total. The molecule has 1 aromatic carbocycles. The predicted octanol–water partition coefficient (Wildman–Crippen LogP) is 3.27. The fourth-order valence-corrected chi connectivity index (χ4v) is 1.87. The molecule has 0 unspecified atom stereocenters. The van der Waals surface area contributed by atoms with E-state index in [1.807, 2.05) is 6.92 Å². The molecule has 104 valence electrons. The molecule has 0 aliphatic heterocycles. The van der Waals surface area contributed by atoms with Gasteiger partial charge in [0.25, 0.3) is 5.69 Å². The number of halogens is 1. The number of hydrogen-bond donors (Lipinski definition) is 2. The highest BCUT2D eigenvalue weighted by Crippen LogP contribution is 2.27. The molecule has 6 nitrogen and oxygen atoms in total. The summed E-state index contributed by atoms with van der Waals surface area (Å²) in [6.45, 7) is 2.07. The van der Waals surface area contributed by atoms with E-state index in [9.17, 15) is 15.2 Å². The summed E-state index contributed by atoms with van der Waals surface area (Å²) in [5, 5.41) is 23.5. The molecule has 0 saturated carbocycles. The van der Waals surface area contributed by atoms with Crippen LogP contribution in [0.3, 0.4) is 0 Å². The molecule has 0 aliphatic rings. The zero-order chi connectivity index (χ0) is 14.7. The number of nitro benzene ring substituents is 1. The average Bonchev–Trinajstić information content (AvgIpc) is 2.41. The standard InChI is InChI=1S/C13H12ClN3O3/c1-8-2-5-13(18)11(16-8)7-15-9-3-4-10(14)12(6-9)17(19)20/h2-6,15,18H,7H2,1H3. The van der Waals surface area contributed by atoms with Crippen molar-refractivity contribution in [2.45, 2.75) is 13.5 Å². The molecular formula is C13H12ClN3O3. The van der Waals surface area contributed by atoms with E-state index in [1.165, 1.54) is 12.1 Å². The molecule has 2 aromatic rings. The van der Waals surface area contributed by atoms with Gasteiger partial charge in [-0.3, -0.25) is 15.1 Å². The lowest BCUT2D eigenvalue weighted by atomic mass is 10.2. The minimum Gasteiger partial charge on any atom is -0.506 e. The highest BCUT2D eigenvalue weighted by atomic mass is 35.5. The predicted molar refractivity (Wildman–Crippen MR) is 76.1 cm³/mol. The van der Waals surface area contributed by atoms with Gasteiger partial charge in [-0.25, -0.2) is 0 Å². The monoisotopic (exact) mass is 293 g/mol. The van der Waals surface area contributed by atoms with E-state index in [0.717, 1.165) is 5.69 Å². The van der Waals surface area contributed by atoms with Crippen LogP contribution in [0.15, 0.2) is 30.3 Å². The van der Waals surface area contributed by atoms with Crippen LogP contribution in [-0.4, -0.2) is 15.0 Å². The molecule has 0 aliphatic carbocycles. The van der Waals surface area contributed by atoms with Crippen LogP contribution in [0.1, 0.15) is 11.4 Å². The maximum atomic E-state index is 10.8. The van der Waals surface area contributed by atoms with Crippen molar-refractivity contribution in [2.75, 3.05) is 5.32 Å². The first-order valence-corrected chi connectivity index (χ1v) is 6.18. The van der Waals surface area contributed by atoms with E-state index in [-0.39, 0.29) is 23.0 Å². The SMILES string of the molecule is Cc1ccc(O)c(CNc2ccc(Cl)c([N+](=O)[O-])c2)n1. The van der Waals surface area contributed by atoms with Crippen molar-refractivity contribution in [1.82, 2.24) is 4.98 Å². The second-order valence-corrected chi connectivity index (χ2v) is 4.60. The summed E-state index contributed by atoms with van der Waals surface area (Å²) in [5.41, 5.74) is 1.62. The number of nitrogens with zero attached hydrogens (tertiary/aromatic N) is 2. The number of benzene rings is 1. The molecule has 1 heterocycles. The lowest BCUT2D eigenvalue weighted by Gasteiger charge is -2.08. The molecule has 0 spiro atoms. The Morgan fingerprint density at radius 3 is 2.85 bits per heavy atom. The van der Waals surface area contributed by atoms with Gasteiger partial charge in [0.2, 0.25) is 0 Å². The second kappa shape index (κ2) is 5.75.